The quantitative estimate of drug-likeness (QED) is 0.763. The van der Waals surface area contributed by atoms with Crippen molar-refractivity contribution in [3.63, 3.8) is 0 Å². The van der Waals surface area contributed by atoms with Gasteiger partial charge in [-0.15, -0.1) is 0 Å². The molecule has 0 spiro atoms. The number of anilines is 1. The predicted molar refractivity (Wildman–Crippen MR) is 87.6 cm³/mol. The van der Waals surface area contributed by atoms with Crippen LogP contribution in [0, 0.1) is 0 Å². The summed E-state index contributed by atoms with van der Waals surface area (Å²) in [6.45, 7) is 0.983. The molecule has 0 saturated heterocycles. The van der Waals surface area contributed by atoms with Gasteiger partial charge in [-0.05, 0) is 30.5 Å². The van der Waals surface area contributed by atoms with Gasteiger partial charge in [0, 0.05) is 17.3 Å². The Labute approximate surface area is 124 Å². The maximum absolute atomic E-state index is 4.51. The Bertz CT molecular complexity index is 761. The van der Waals surface area contributed by atoms with Gasteiger partial charge in [0.25, 0.3) is 0 Å². The number of fused-ring (bicyclic) bond motifs is 1. The maximum atomic E-state index is 4.51. The summed E-state index contributed by atoms with van der Waals surface area (Å²) in [5.74, 6) is 0. The van der Waals surface area contributed by atoms with Gasteiger partial charge in [-0.2, -0.15) is 0 Å². The highest BCUT2D eigenvalue weighted by Crippen LogP contribution is 2.48. The highest BCUT2D eigenvalue weighted by molar-refractivity contribution is 5.81. The van der Waals surface area contributed by atoms with Gasteiger partial charge in [-0.25, -0.2) is 0 Å². The van der Waals surface area contributed by atoms with Gasteiger partial charge < -0.3 is 5.32 Å². The molecule has 0 amide bonds. The molecule has 0 unspecified atom stereocenters. The molecule has 0 aliphatic heterocycles. The average Bonchev–Trinajstić information content (AvgIpc) is 3.35. The third kappa shape index (κ3) is 2.38. The Balaban J connectivity index is 1.53. The maximum Gasteiger partial charge on any atom is 0.0703 e. The normalized spacial score (nSPS) is 15.8. The van der Waals surface area contributed by atoms with E-state index in [9.17, 15) is 0 Å². The highest BCUT2D eigenvalue weighted by Gasteiger charge is 2.43. The summed E-state index contributed by atoms with van der Waals surface area (Å²) in [5.41, 5.74) is 3.93. The Hall–Kier alpha value is -2.35. The monoisotopic (exact) mass is 274 g/mol. The zero-order valence-corrected chi connectivity index (χ0v) is 11.9. The number of hydrogen-bond acceptors (Lipinski definition) is 2. The molecule has 0 bridgehead atoms. The fraction of sp³-hybridized carbons (Fsp3) is 0.211. The van der Waals surface area contributed by atoms with E-state index in [4.69, 9.17) is 0 Å². The molecule has 3 aromatic rings. The van der Waals surface area contributed by atoms with Crippen LogP contribution in [0.4, 0.5) is 5.69 Å². The molecule has 1 heterocycles. The molecule has 1 aliphatic carbocycles. The van der Waals surface area contributed by atoms with Crippen molar-refractivity contribution < 1.29 is 0 Å². The Morgan fingerprint density at radius 1 is 0.952 bits per heavy atom. The second-order valence-corrected chi connectivity index (χ2v) is 5.92. The summed E-state index contributed by atoms with van der Waals surface area (Å²) >= 11 is 0. The van der Waals surface area contributed by atoms with Crippen LogP contribution in [0.5, 0.6) is 0 Å². The molecule has 1 aromatic heterocycles. The minimum Gasteiger partial charge on any atom is -0.383 e. The van der Waals surface area contributed by atoms with Gasteiger partial charge in [0.1, 0.15) is 0 Å². The van der Waals surface area contributed by atoms with Crippen molar-refractivity contribution in [3.8, 4) is 0 Å². The van der Waals surface area contributed by atoms with Crippen LogP contribution in [0.3, 0.4) is 0 Å². The van der Waals surface area contributed by atoms with Crippen molar-refractivity contribution >= 4 is 16.6 Å². The van der Waals surface area contributed by atoms with E-state index < -0.39 is 0 Å². The lowest BCUT2D eigenvalue weighted by molar-refractivity contribution is 0.732. The Morgan fingerprint density at radius 2 is 1.71 bits per heavy atom. The minimum atomic E-state index is 0.326. The molecule has 1 fully saturated rings. The van der Waals surface area contributed by atoms with Gasteiger partial charge in [0.05, 0.1) is 17.4 Å². The third-order valence-corrected chi connectivity index (χ3v) is 4.46. The molecule has 1 saturated carbocycles. The molecular formula is C19H18N2. The third-order valence-electron chi connectivity index (χ3n) is 4.46. The lowest BCUT2D eigenvalue weighted by atomic mass is 9.96. The summed E-state index contributed by atoms with van der Waals surface area (Å²) in [5, 5.41) is 4.76. The Morgan fingerprint density at radius 3 is 2.52 bits per heavy atom. The van der Waals surface area contributed by atoms with E-state index in [1.807, 2.05) is 18.3 Å². The first-order valence-corrected chi connectivity index (χ1v) is 7.50. The average molecular weight is 274 g/mol. The number of para-hydroxylation sites is 1. The van der Waals surface area contributed by atoms with Gasteiger partial charge >= 0.3 is 0 Å². The lowest BCUT2D eigenvalue weighted by Gasteiger charge is -2.17. The van der Waals surface area contributed by atoms with Gasteiger partial charge in [-0.1, -0.05) is 48.5 Å². The van der Waals surface area contributed by atoms with Crippen molar-refractivity contribution in [2.24, 2.45) is 0 Å². The smallest absolute Gasteiger partial charge is 0.0703 e. The second kappa shape index (κ2) is 4.88. The Kier molecular flexibility index (Phi) is 2.88. The van der Waals surface area contributed by atoms with Crippen LogP contribution in [0.25, 0.3) is 10.9 Å². The number of benzene rings is 2. The fourth-order valence-electron chi connectivity index (χ4n) is 2.95. The molecule has 0 atom stereocenters. The summed E-state index contributed by atoms with van der Waals surface area (Å²) in [7, 11) is 0. The van der Waals surface area contributed by atoms with E-state index in [1.54, 1.807) is 0 Å². The zero-order chi connectivity index (χ0) is 14.1. The standard InChI is InChI=1S/C19H18N2/c1-2-7-16(8-3-1)19(10-11-19)14-21-17-12-15-6-4-5-9-18(15)20-13-17/h1-9,12-13,21H,10-11,14H2. The second-order valence-electron chi connectivity index (χ2n) is 5.92. The van der Waals surface area contributed by atoms with E-state index in [-0.39, 0.29) is 0 Å². The molecule has 1 N–H and O–H groups in total. The molecule has 2 aromatic carbocycles. The molecule has 104 valence electrons. The van der Waals surface area contributed by atoms with Gasteiger partial charge in [0.15, 0.2) is 0 Å². The first kappa shape index (κ1) is 12.4. The number of aromatic nitrogens is 1. The first-order chi connectivity index (χ1) is 10.4. The van der Waals surface area contributed by atoms with Gasteiger partial charge in [0.2, 0.25) is 0 Å². The van der Waals surface area contributed by atoms with E-state index in [2.05, 4.69) is 58.8 Å². The number of hydrogen-bond donors (Lipinski definition) is 1. The van der Waals surface area contributed by atoms with Crippen molar-refractivity contribution in [2.45, 2.75) is 18.3 Å². The minimum absolute atomic E-state index is 0.326. The zero-order valence-electron chi connectivity index (χ0n) is 11.9. The molecule has 4 rings (SSSR count). The van der Waals surface area contributed by atoms with E-state index in [0.29, 0.717) is 5.41 Å². The van der Waals surface area contributed by atoms with E-state index in [0.717, 1.165) is 17.7 Å². The number of nitrogens with zero attached hydrogens (tertiary/aromatic N) is 1. The van der Waals surface area contributed by atoms with Crippen LogP contribution in [-0.4, -0.2) is 11.5 Å². The SMILES string of the molecule is c1ccc(C2(CNc3cnc4ccccc4c3)CC2)cc1. The van der Waals surface area contributed by atoms with Crippen LogP contribution < -0.4 is 5.32 Å². The van der Waals surface area contributed by atoms with Crippen LogP contribution >= 0.6 is 0 Å². The van der Waals surface area contributed by atoms with E-state index >= 15 is 0 Å². The van der Waals surface area contributed by atoms with Crippen molar-refractivity contribution in [1.82, 2.24) is 4.98 Å². The molecule has 2 nitrogen and oxygen atoms in total. The molecule has 2 heteroatoms. The van der Waals surface area contributed by atoms with Crippen molar-refractivity contribution in [1.29, 1.82) is 0 Å². The lowest BCUT2D eigenvalue weighted by Crippen LogP contribution is -2.19. The van der Waals surface area contributed by atoms with Crippen LogP contribution in [-0.2, 0) is 5.41 Å². The fourth-order valence-corrected chi connectivity index (χ4v) is 2.95. The van der Waals surface area contributed by atoms with Crippen LogP contribution in [0.15, 0.2) is 66.9 Å². The topological polar surface area (TPSA) is 24.9 Å². The van der Waals surface area contributed by atoms with Crippen molar-refractivity contribution in [2.75, 3.05) is 11.9 Å². The van der Waals surface area contributed by atoms with Crippen molar-refractivity contribution in [3.05, 3.63) is 72.4 Å². The summed E-state index contributed by atoms with van der Waals surface area (Å²) in [4.78, 5) is 4.51. The number of nitrogens with one attached hydrogen (secondary N) is 1. The highest BCUT2D eigenvalue weighted by atomic mass is 14.9. The van der Waals surface area contributed by atoms with Gasteiger partial charge in [-0.3, -0.25) is 4.98 Å². The molecular weight excluding hydrogens is 256 g/mol. The molecule has 21 heavy (non-hydrogen) atoms. The molecule has 0 radical (unpaired) electrons. The number of rotatable bonds is 4. The molecule has 1 aliphatic rings. The summed E-state index contributed by atoms with van der Waals surface area (Å²) in [6.07, 6.45) is 4.47. The van der Waals surface area contributed by atoms with Crippen LogP contribution in [0.2, 0.25) is 0 Å². The summed E-state index contributed by atoms with van der Waals surface area (Å²) in [6, 6.07) is 21.3. The van der Waals surface area contributed by atoms with Crippen LogP contribution in [0.1, 0.15) is 18.4 Å². The van der Waals surface area contributed by atoms with E-state index in [1.165, 1.54) is 23.8 Å². The first-order valence-electron chi connectivity index (χ1n) is 7.50. The largest absolute Gasteiger partial charge is 0.383 e. The summed E-state index contributed by atoms with van der Waals surface area (Å²) < 4.78 is 0. The number of pyridine rings is 1. The predicted octanol–water partition coefficient (Wildman–Crippen LogP) is 4.38.